The van der Waals surface area contributed by atoms with Crippen LogP contribution in [0.5, 0.6) is 0 Å². The number of carbonyl (C=O) groups is 1. The zero-order valence-electron chi connectivity index (χ0n) is 15.6. The van der Waals surface area contributed by atoms with Crippen molar-refractivity contribution in [2.24, 2.45) is 0 Å². The standard InChI is InChI=1S/C21H14ClF3N2O3S/c22-15-3-1-2-4-19(15)27-31(29,30)14-8-5-13(6-9-14)7-10-21(28)26-20-12-17(24)16(23)11-18(20)25/h1-12,27H,(H,26,28). The molecule has 0 fully saturated rings. The van der Waals surface area contributed by atoms with Gasteiger partial charge in [0, 0.05) is 18.2 Å². The van der Waals surface area contributed by atoms with Crippen molar-refractivity contribution < 1.29 is 26.4 Å². The summed E-state index contributed by atoms with van der Waals surface area (Å²) in [5.41, 5.74) is 0.188. The van der Waals surface area contributed by atoms with Crippen LogP contribution in [0.3, 0.4) is 0 Å². The van der Waals surface area contributed by atoms with E-state index < -0.39 is 39.1 Å². The van der Waals surface area contributed by atoms with Crippen LogP contribution in [0.2, 0.25) is 5.02 Å². The highest BCUT2D eigenvalue weighted by Gasteiger charge is 2.15. The molecule has 31 heavy (non-hydrogen) atoms. The zero-order chi connectivity index (χ0) is 22.6. The van der Waals surface area contributed by atoms with Crippen molar-refractivity contribution in [2.75, 3.05) is 10.0 Å². The Bertz CT molecular complexity index is 1260. The van der Waals surface area contributed by atoms with Crippen molar-refractivity contribution in [2.45, 2.75) is 4.90 Å². The highest BCUT2D eigenvalue weighted by molar-refractivity contribution is 7.92. The molecule has 3 rings (SSSR count). The lowest BCUT2D eigenvalue weighted by Gasteiger charge is -2.09. The van der Waals surface area contributed by atoms with Gasteiger partial charge in [-0.15, -0.1) is 0 Å². The first-order valence-corrected chi connectivity index (χ1v) is 10.5. The van der Waals surface area contributed by atoms with Gasteiger partial charge in [0.05, 0.1) is 21.3 Å². The van der Waals surface area contributed by atoms with Crippen molar-refractivity contribution in [3.63, 3.8) is 0 Å². The van der Waals surface area contributed by atoms with Crippen LogP contribution in [0.4, 0.5) is 24.5 Å². The summed E-state index contributed by atoms with van der Waals surface area (Å²) in [4.78, 5) is 11.9. The minimum absolute atomic E-state index is 0.0297. The molecule has 0 saturated carbocycles. The fourth-order valence-electron chi connectivity index (χ4n) is 2.47. The summed E-state index contributed by atoms with van der Waals surface area (Å²) in [6, 6.07) is 12.8. The SMILES string of the molecule is O=C(C=Cc1ccc(S(=O)(=O)Nc2ccccc2Cl)cc1)Nc1cc(F)c(F)cc1F. The van der Waals surface area contributed by atoms with Gasteiger partial charge in [-0.2, -0.15) is 0 Å². The third kappa shape index (κ3) is 5.65. The van der Waals surface area contributed by atoms with E-state index in [4.69, 9.17) is 11.6 Å². The molecular formula is C21H14ClF3N2O3S. The lowest BCUT2D eigenvalue weighted by atomic mass is 10.2. The van der Waals surface area contributed by atoms with Crippen molar-refractivity contribution in [3.8, 4) is 0 Å². The largest absolute Gasteiger partial charge is 0.320 e. The second kappa shape index (κ2) is 9.23. The summed E-state index contributed by atoms with van der Waals surface area (Å²) >= 11 is 5.96. The topological polar surface area (TPSA) is 75.3 Å². The number of halogens is 4. The van der Waals surface area contributed by atoms with Crippen LogP contribution < -0.4 is 10.0 Å². The minimum Gasteiger partial charge on any atom is -0.320 e. The van der Waals surface area contributed by atoms with Gasteiger partial charge < -0.3 is 5.32 Å². The molecule has 0 aromatic heterocycles. The van der Waals surface area contributed by atoms with Gasteiger partial charge in [-0.1, -0.05) is 35.9 Å². The normalized spacial score (nSPS) is 11.5. The maximum Gasteiger partial charge on any atom is 0.261 e. The Morgan fingerprint density at radius 2 is 1.52 bits per heavy atom. The van der Waals surface area contributed by atoms with Gasteiger partial charge in [-0.3, -0.25) is 9.52 Å². The molecule has 160 valence electrons. The zero-order valence-corrected chi connectivity index (χ0v) is 17.1. The Balaban J connectivity index is 1.68. The monoisotopic (exact) mass is 466 g/mol. The highest BCUT2D eigenvalue weighted by Crippen LogP contribution is 2.24. The fraction of sp³-hybridized carbons (Fsp3) is 0. The van der Waals surface area contributed by atoms with Gasteiger partial charge in [0.25, 0.3) is 10.0 Å². The molecule has 0 spiro atoms. The average Bonchev–Trinajstić information content (AvgIpc) is 2.72. The summed E-state index contributed by atoms with van der Waals surface area (Å²) < 4.78 is 67.0. The molecule has 0 aliphatic carbocycles. The molecule has 3 aromatic rings. The van der Waals surface area contributed by atoms with Crippen LogP contribution >= 0.6 is 11.6 Å². The van der Waals surface area contributed by atoms with Crippen LogP contribution in [0, 0.1) is 17.5 Å². The Morgan fingerprint density at radius 1 is 0.871 bits per heavy atom. The maximum atomic E-state index is 13.6. The summed E-state index contributed by atoms with van der Waals surface area (Å²) in [5.74, 6) is -4.59. The van der Waals surface area contributed by atoms with Gasteiger partial charge >= 0.3 is 0 Å². The third-order valence-corrected chi connectivity index (χ3v) is 5.71. The number of para-hydroxylation sites is 1. The van der Waals surface area contributed by atoms with E-state index in [1.54, 1.807) is 18.2 Å². The first kappa shape index (κ1) is 22.4. The van der Waals surface area contributed by atoms with E-state index in [-0.39, 0.29) is 15.6 Å². The molecule has 2 N–H and O–H groups in total. The molecule has 0 radical (unpaired) electrons. The van der Waals surface area contributed by atoms with E-state index in [0.29, 0.717) is 17.7 Å². The Morgan fingerprint density at radius 3 is 2.19 bits per heavy atom. The predicted octanol–water partition coefficient (Wildman–Crippen LogP) is 5.21. The number of nitrogens with one attached hydrogen (secondary N) is 2. The minimum atomic E-state index is -3.88. The average molecular weight is 467 g/mol. The summed E-state index contributed by atoms with van der Waals surface area (Å²) in [7, 11) is -3.88. The van der Waals surface area contributed by atoms with Crippen LogP contribution in [-0.2, 0) is 14.8 Å². The predicted molar refractivity (Wildman–Crippen MR) is 113 cm³/mol. The van der Waals surface area contributed by atoms with Crippen molar-refractivity contribution >= 4 is 45.0 Å². The molecule has 0 unspecified atom stereocenters. The van der Waals surface area contributed by atoms with E-state index in [2.05, 4.69) is 10.0 Å². The van der Waals surface area contributed by atoms with Crippen molar-refractivity contribution in [1.29, 1.82) is 0 Å². The number of sulfonamides is 1. The number of carbonyl (C=O) groups excluding carboxylic acids is 1. The van der Waals surface area contributed by atoms with E-state index in [1.807, 2.05) is 0 Å². The highest BCUT2D eigenvalue weighted by atomic mass is 35.5. The number of hydrogen-bond donors (Lipinski definition) is 2. The van der Waals surface area contributed by atoms with Crippen LogP contribution in [0.15, 0.2) is 71.6 Å². The lowest BCUT2D eigenvalue weighted by molar-refractivity contribution is -0.111. The number of amides is 1. The lowest BCUT2D eigenvalue weighted by Crippen LogP contribution is -2.13. The molecule has 3 aromatic carbocycles. The first-order valence-electron chi connectivity index (χ1n) is 8.67. The quantitative estimate of drug-likeness (QED) is 0.387. The summed E-state index contributed by atoms with van der Waals surface area (Å²) in [5, 5.41) is 2.34. The van der Waals surface area contributed by atoms with E-state index in [9.17, 15) is 26.4 Å². The van der Waals surface area contributed by atoms with Crippen LogP contribution in [0.25, 0.3) is 6.08 Å². The van der Waals surface area contributed by atoms with Gasteiger partial charge in [-0.25, -0.2) is 21.6 Å². The molecule has 0 aliphatic heterocycles. The molecule has 10 heteroatoms. The smallest absolute Gasteiger partial charge is 0.261 e. The van der Waals surface area contributed by atoms with Gasteiger partial charge in [-0.05, 0) is 35.9 Å². The fourth-order valence-corrected chi connectivity index (χ4v) is 3.79. The molecule has 0 saturated heterocycles. The Kier molecular flexibility index (Phi) is 6.67. The van der Waals surface area contributed by atoms with Crippen molar-refractivity contribution in [1.82, 2.24) is 0 Å². The molecule has 0 heterocycles. The summed E-state index contributed by atoms with van der Waals surface area (Å²) in [6.45, 7) is 0. The van der Waals surface area contributed by atoms with Gasteiger partial charge in [0.1, 0.15) is 5.82 Å². The van der Waals surface area contributed by atoms with E-state index >= 15 is 0 Å². The maximum absolute atomic E-state index is 13.6. The number of hydrogen-bond acceptors (Lipinski definition) is 3. The van der Waals surface area contributed by atoms with E-state index in [0.717, 1.165) is 6.08 Å². The van der Waals surface area contributed by atoms with E-state index in [1.165, 1.54) is 36.4 Å². The Labute approximate surface area is 181 Å². The number of benzene rings is 3. The molecule has 5 nitrogen and oxygen atoms in total. The van der Waals surface area contributed by atoms with Crippen LogP contribution in [0.1, 0.15) is 5.56 Å². The molecule has 0 bridgehead atoms. The van der Waals surface area contributed by atoms with Crippen LogP contribution in [-0.4, -0.2) is 14.3 Å². The Hall–Kier alpha value is -3.30. The molecule has 0 atom stereocenters. The van der Waals surface area contributed by atoms with Crippen molar-refractivity contribution in [3.05, 3.63) is 94.8 Å². The number of rotatable bonds is 6. The number of anilines is 2. The second-order valence-electron chi connectivity index (χ2n) is 6.22. The first-order chi connectivity index (χ1) is 14.7. The van der Waals surface area contributed by atoms with Gasteiger partial charge in [0.2, 0.25) is 5.91 Å². The molecule has 1 amide bonds. The molecular weight excluding hydrogens is 453 g/mol. The summed E-state index contributed by atoms with van der Waals surface area (Å²) in [6.07, 6.45) is 2.37. The third-order valence-electron chi connectivity index (χ3n) is 4.00. The molecule has 0 aliphatic rings. The second-order valence-corrected chi connectivity index (χ2v) is 8.31. The van der Waals surface area contributed by atoms with Gasteiger partial charge in [0.15, 0.2) is 11.6 Å².